The number of urea groups is 1. The van der Waals surface area contributed by atoms with Gasteiger partial charge < -0.3 is 4.74 Å². The number of barbiturate groups is 1. The summed E-state index contributed by atoms with van der Waals surface area (Å²) in [4.78, 5) is 38.8. The SMILES string of the molecule is O=C1NC(=O)N(c2ccc(Cl)cc2)C(=O)/C1=C/c1cc(Br)c(OCc2ccc(Br)cc2)c(I)c1. The summed E-state index contributed by atoms with van der Waals surface area (Å²) in [5.74, 6) is -0.845. The Kier molecular flexibility index (Phi) is 7.76. The van der Waals surface area contributed by atoms with E-state index >= 15 is 0 Å². The van der Waals surface area contributed by atoms with Gasteiger partial charge in [-0.3, -0.25) is 14.9 Å². The molecule has 1 heterocycles. The molecule has 0 radical (unpaired) electrons. The Morgan fingerprint density at radius 3 is 2.32 bits per heavy atom. The minimum Gasteiger partial charge on any atom is -0.487 e. The van der Waals surface area contributed by atoms with Gasteiger partial charge in [0.1, 0.15) is 17.9 Å². The molecule has 0 aromatic heterocycles. The third-order valence-corrected chi connectivity index (χ3v) is 6.99. The number of imide groups is 2. The number of amides is 4. The smallest absolute Gasteiger partial charge is 0.335 e. The Balaban J connectivity index is 1.60. The van der Waals surface area contributed by atoms with Crippen LogP contribution in [0.2, 0.25) is 5.02 Å². The third-order valence-electron chi connectivity index (χ3n) is 4.81. The number of hydrogen-bond acceptors (Lipinski definition) is 4. The number of carbonyl (C=O) groups is 3. The minimum atomic E-state index is -0.818. The van der Waals surface area contributed by atoms with Gasteiger partial charge in [0.2, 0.25) is 0 Å². The summed E-state index contributed by atoms with van der Waals surface area (Å²) >= 11 is 15.0. The Bertz CT molecular complexity index is 1300. The van der Waals surface area contributed by atoms with Gasteiger partial charge in [-0.1, -0.05) is 39.7 Å². The van der Waals surface area contributed by atoms with Gasteiger partial charge in [-0.15, -0.1) is 0 Å². The van der Waals surface area contributed by atoms with Crippen molar-refractivity contribution in [1.29, 1.82) is 0 Å². The van der Waals surface area contributed by atoms with E-state index in [2.05, 4.69) is 59.8 Å². The molecule has 0 bridgehead atoms. The highest BCUT2D eigenvalue weighted by atomic mass is 127. The molecule has 1 fully saturated rings. The number of benzene rings is 3. The molecule has 3 aromatic rings. The van der Waals surface area contributed by atoms with Crippen LogP contribution in [0.25, 0.3) is 6.08 Å². The van der Waals surface area contributed by atoms with E-state index in [1.54, 1.807) is 24.3 Å². The molecule has 3 aromatic carbocycles. The summed E-state index contributed by atoms with van der Waals surface area (Å²) in [5.41, 5.74) is 1.74. The van der Waals surface area contributed by atoms with Crippen LogP contribution in [0.4, 0.5) is 10.5 Å². The van der Waals surface area contributed by atoms with Crippen molar-refractivity contribution >= 4 is 95.7 Å². The van der Waals surface area contributed by atoms with E-state index in [-0.39, 0.29) is 5.57 Å². The third kappa shape index (κ3) is 5.54. The van der Waals surface area contributed by atoms with Crippen LogP contribution >= 0.6 is 66.1 Å². The van der Waals surface area contributed by atoms with Crippen LogP contribution in [0, 0.1) is 3.57 Å². The molecule has 0 saturated carbocycles. The number of nitrogens with one attached hydrogen (secondary N) is 1. The average molecular weight is 717 g/mol. The van der Waals surface area contributed by atoms with Crippen molar-refractivity contribution in [2.24, 2.45) is 0 Å². The fourth-order valence-electron chi connectivity index (χ4n) is 3.19. The number of rotatable bonds is 5. The van der Waals surface area contributed by atoms with E-state index in [1.807, 2.05) is 24.3 Å². The highest BCUT2D eigenvalue weighted by Gasteiger charge is 2.36. The van der Waals surface area contributed by atoms with Gasteiger partial charge in [0.25, 0.3) is 11.8 Å². The zero-order valence-corrected chi connectivity index (χ0v) is 23.2. The van der Waals surface area contributed by atoms with Crippen LogP contribution in [0.15, 0.2) is 75.2 Å². The molecular weight excluding hydrogens is 702 g/mol. The molecule has 34 heavy (non-hydrogen) atoms. The molecule has 1 aliphatic heterocycles. The molecule has 4 rings (SSSR count). The van der Waals surface area contributed by atoms with Crippen LogP contribution in [0.5, 0.6) is 5.75 Å². The van der Waals surface area contributed by atoms with Crippen molar-refractivity contribution in [3.8, 4) is 5.75 Å². The van der Waals surface area contributed by atoms with Crippen LogP contribution in [-0.2, 0) is 16.2 Å². The zero-order valence-electron chi connectivity index (χ0n) is 17.2. The predicted octanol–water partition coefficient (Wildman–Crippen LogP) is 6.72. The Morgan fingerprint density at radius 2 is 1.68 bits per heavy atom. The molecule has 6 nitrogen and oxygen atoms in total. The van der Waals surface area contributed by atoms with Gasteiger partial charge in [-0.2, -0.15) is 0 Å². The molecule has 1 aliphatic rings. The number of nitrogens with zero attached hydrogens (tertiary/aromatic N) is 1. The number of hydrogen-bond donors (Lipinski definition) is 1. The number of anilines is 1. The van der Waals surface area contributed by atoms with Crippen LogP contribution in [0.3, 0.4) is 0 Å². The Labute approximate surface area is 230 Å². The van der Waals surface area contributed by atoms with Gasteiger partial charge in [0.05, 0.1) is 13.7 Å². The van der Waals surface area contributed by atoms with Gasteiger partial charge >= 0.3 is 6.03 Å². The van der Waals surface area contributed by atoms with Gasteiger partial charge in [-0.25, -0.2) is 9.69 Å². The first-order valence-electron chi connectivity index (χ1n) is 9.76. The molecule has 4 amide bonds. The number of ether oxygens (including phenoxy) is 1. The molecule has 0 atom stereocenters. The molecule has 10 heteroatoms. The average Bonchev–Trinajstić information content (AvgIpc) is 2.78. The molecular formula is C24H14Br2ClIN2O4. The zero-order chi connectivity index (χ0) is 24.4. The lowest BCUT2D eigenvalue weighted by Crippen LogP contribution is -2.54. The fourth-order valence-corrected chi connectivity index (χ4v) is 5.34. The van der Waals surface area contributed by atoms with E-state index in [0.29, 0.717) is 33.1 Å². The van der Waals surface area contributed by atoms with E-state index in [9.17, 15) is 14.4 Å². The molecule has 1 saturated heterocycles. The maximum absolute atomic E-state index is 13.1. The van der Waals surface area contributed by atoms with E-state index < -0.39 is 17.8 Å². The van der Waals surface area contributed by atoms with Crippen LogP contribution < -0.4 is 15.0 Å². The predicted molar refractivity (Wildman–Crippen MR) is 146 cm³/mol. The first kappa shape index (κ1) is 24.9. The standard InChI is InChI=1S/C24H14Br2ClIN2O4/c25-15-3-1-13(2-4-15)12-34-21-19(26)10-14(11-20(21)28)9-18-22(31)29-24(33)30(23(18)32)17-7-5-16(27)6-8-17/h1-11H,12H2,(H,29,31,33)/b18-9+. The maximum atomic E-state index is 13.1. The number of halogens is 4. The van der Waals surface area contributed by atoms with Gasteiger partial charge in [0.15, 0.2) is 0 Å². The molecule has 0 aliphatic carbocycles. The monoisotopic (exact) mass is 714 g/mol. The first-order valence-corrected chi connectivity index (χ1v) is 12.8. The Morgan fingerprint density at radius 1 is 1.00 bits per heavy atom. The van der Waals surface area contributed by atoms with Crippen LogP contribution in [-0.4, -0.2) is 17.8 Å². The lowest BCUT2D eigenvalue weighted by atomic mass is 10.1. The van der Waals surface area contributed by atoms with E-state index in [1.165, 1.54) is 18.2 Å². The minimum absolute atomic E-state index is 0.166. The van der Waals surface area contributed by atoms with Crippen LogP contribution in [0.1, 0.15) is 11.1 Å². The molecule has 0 spiro atoms. The first-order chi connectivity index (χ1) is 16.2. The second kappa shape index (κ2) is 10.6. The van der Waals surface area contributed by atoms with Crippen molar-refractivity contribution in [3.05, 3.63) is 94.9 Å². The summed E-state index contributed by atoms with van der Waals surface area (Å²) in [6.45, 7) is 0.376. The molecule has 172 valence electrons. The highest BCUT2D eigenvalue weighted by molar-refractivity contribution is 14.1. The normalized spacial score (nSPS) is 15.0. The van der Waals surface area contributed by atoms with Gasteiger partial charge in [0, 0.05) is 9.50 Å². The summed E-state index contributed by atoms with van der Waals surface area (Å²) < 4.78 is 8.41. The lowest BCUT2D eigenvalue weighted by Gasteiger charge is -2.26. The fraction of sp³-hybridized carbons (Fsp3) is 0.0417. The van der Waals surface area contributed by atoms with Crippen molar-refractivity contribution in [3.63, 3.8) is 0 Å². The summed E-state index contributed by atoms with van der Waals surface area (Å²) in [5, 5.41) is 2.67. The summed E-state index contributed by atoms with van der Waals surface area (Å²) in [6.07, 6.45) is 1.44. The van der Waals surface area contributed by atoms with Crippen molar-refractivity contribution in [2.45, 2.75) is 6.61 Å². The summed E-state index contributed by atoms with van der Waals surface area (Å²) in [6, 6.07) is 16.7. The number of carbonyl (C=O) groups excluding carboxylic acids is 3. The van der Waals surface area contributed by atoms with Gasteiger partial charge in [-0.05, 0) is 104 Å². The Hall–Kier alpha value is -2.21. The molecule has 0 unspecified atom stereocenters. The van der Waals surface area contributed by atoms with Crippen molar-refractivity contribution in [1.82, 2.24) is 5.32 Å². The topological polar surface area (TPSA) is 75.7 Å². The largest absolute Gasteiger partial charge is 0.487 e. The van der Waals surface area contributed by atoms with E-state index in [0.717, 1.165) is 18.5 Å². The maximum Gasteiger partial charge on any atom is 0.335 e. The summed E-state index contributed by atoms with van der Waals surface area (Å²) in [7, 11) is 0. The lowest BCUT2D eigenvalue weighted by molar-refractivity contribution is -0.122. The second-order valence-electron chi connectivity index (χ2n) is 7.16. The quantitative estimate of drug-likeness (QED) is 0.181. The second-order valence-corrected chi connectivity index (χ2v) is 10.5. The highest BCUT2D eigenvalue weighted by Crippen LogP contribution is 2.34. The molecule has 1 N–H and O–H groups in total. The van der Waals surface area contributed by atoms with Crippen molar-refractivity contribution < 1.29 is 19.1 Å². The van der Waals surface area contributed by atoms with E-state index in [4.69, 9.17) is 16.3 Å². The van der Waals surface area contributed by atoms with Crippen molar-refractivity contribution in [2.75, 3.05) is 4.90 Å².